The van der Waals surface area contributed by atoms with E-state index in [-0.39, 0.29) is 49.2 Å². The molecule has 2 aliphatic heterocycles. The molecule has 4 rings (SSSR count). The third kappa shape index (κ3) is 8.04. The molecule has 0 unspecified atom stereocenters. The van der Waals surface area contributed by atoms with Gasteiger partial charge in [-0.1, -0.05) is 24.3 Å². The van der Waals surface area contributed by atoms with Gasteiger partial charge >= 0.3 is 0 Å². The molecular formula is C27H38Cl2N4O4. The lowest BCUT2D eigenvalue weighted by molar-refractivity contribution is -0.130. The van der Waals surface area contributed by atoms with Crippen molar-refractivity contribution >= 4 is 36.6 Å². The van der Waals surface area contributed by atoms with Gasteiger partial charge in [-0.15, -0.1) is 24.8 Å². The first-order chi connectivity index (χ1) is 16.9. The topological polar surface area (TPSA) is 104 Å². The number of likely N-dealkylation sites (tertiary alicyclic amines) is 1. The molecule has 2 aromatic rings. The standard InChI is InChI=1S/C27H36N4O4.2ClH/c1-3-35-26-17-28-22(12-19-8-10-31(11-9-19)18(2)32)14-23(26)27(34)30-16-25(33)24-13-20-6-4-5-7-21(20)15-29-24;;/h4-7,14,17,19,24-25,29,33H,3,8-13,15-16H2,1-2H3,(H,30,34);2*1H/t24-,25+;;/m0../s1. The fraction of sp³-hybridized carbons (Fsp3) is 0.519. The first kappa shape index (κ1) is 30.8. The second-order valence-electron chi connectivity index (χ2n) is 9.50. The van der Waals surface area contributed by atoms with Crippen molar-refractivity contribution < 1.29 is 19.4 Å². The highest BCUT2D eigenvalue weighted by Gasteiger charge is 2.26. The quantitative estimate of drug-likeness (QED) is 0.465. The number of aliphatic hydroxyl groups is 1. The minimum atomic E-state index is -0.712. The number of aromatic nitrogens is 1. The number of pyridine rings is 1. The van der Waals surface area contributed by atoms with Crippen LogP contribution in [0.4, 0.5) is 0 Å². The van der Waals surface area contributed by atoms with E-state index >= 15 is 0 Å². The summed E-state index contributed by atoms with van der Waals surface area (Å²) < 4.78 is 5.66. The number of hydrogen-bond acceptors (Lipinski definition) is 6. The number of rotatable bonds is 8. The highest BCUT2D eigenvalue weighted by atomic mass is 35.5. The van der Waals surface area contributed by atoms with Crippen molar-refractivity contribution in [2.75, 3.05) is 26.2 Å². The average molecular weight is 554 g/mol. The van der Waals surface area contributed by atoms with Crippen LogP contribution in [0.2, 0.25) is 0 Å². The third-order valence-corrected chi connectivity index (χ3v) is 7.08. The van der Waals surface area contributed by atoms with Gasteiger partial charge < -0.3 is 25.4 Å². The Labute approximate surface area is 231 Å². The Morgan fingerprint density at radius 2 is 1.92 bits per heavy atom. The Morgan fingerprint density at radius 3 is 2.59 bits per heavy atom. The molecule has 2 aliphatic rings. The van der Waals surface area contributed by atoms with Crippen LogP contribution in [0.15, 0.2) is 36.5 Å². The van der Waals surface area contributed by atoms with E-state index in [1.807, 2.05) is 24.0 Å². The highest BCUT2D eigenvalue weighted by Crippen LogP contribution is 2.24. The van der Waals surface area contributed by atoms with Crippen LogP contribution in [0.25, 0.3) is 0 Å². The molecule has 0 spiro atoms. The summed E-state index contributed by atoms with van der Waals surface area (Å²) in [6.45, 7) is 6.29. The summed E-state index contributed by atoms with van der Waals surface area (Å²) in [6.07, 6.45) is 4.25. The lowest BCUT2D eigenvalue weighted by atomic mass is 9.91. The summed E-state index contributed by atoms with van der Waals surface area (Å²) in [5.74, 6) is 0.712. The molecule has 0 bridgehead atoms. The van der Waals surface area contributed by atoms with Crippen molar-refractivity contribution in [2.24, 2.45) is 5.92 Å². The number of fused-ring (bicyclic) bond motifs is 1. The number of amides is 2. The van der Waals surface area contributed by atoms with Gasteiger partial charge in [-0.25, -0.2) is 0 Å². The molecule has 2 amide bonds. The number of hydrogen-bond donors (Lipinski definition) is 3. The molecule has 3 heterocycles. The van der Waals surface area contributed by atoms with E-state index in [4.69, 9.17) is 4.74 Å². The largest absolute Gasteiger partial charge is 0.491 e. The van der Waals surface area contributed by atoms with Gasteiger partial charge in [0.2, 0.25) is 5.91 Å². The van der Waals surface area contributed by atoms with E-state index < -0.39 is 6.10 Å². The summed E-state index contributed by atoms with van der Waals surface area (Å²) in [4.78, 5) is 31.1. The molecule has 3 N–H and O–H groups in total. The number of nitrogens with zero attached hydrogens (tertiary/aromatic N) is 2. The SMILES string of the molecule is CCOc1cnc(CC2CCN(C(C)=O)CC2)cc1C(=O)NC[C@@H](O)[C@@H]1Cc2ccccc2CN1.Cl.Cl. The fourth-order valence-electron chi connectivity index (χ4n) is 4.98. The molecule has 204 valence electrons. The highest BCUT2D eigenvalue weighted by molar-refractivity contribution is 5.97. The van der Waals surface area contributed by atoms with Crippen LogP contribution in [0.5, 0.6) is 5.75 Å². The number of piperidine rings is 1. The van der Waals surface area contributed by atoms with Crippen molar-refractivity contribution in [1.29, 1.82) is 0 Å². The number of nitrogens with one attached hydrogen (secondary N) is 2. The van der Waals surface area contributed by atoms with E-state index in [0.717, 1.165) is 44.5 Å². The number of ether oxygens (including phenoxy) is 1. The minimum Gasteiger partial charge on any atom is -0.491 e. The normalized spacial score (nSPS) is 18.0. The van der Waals surface area contributed by atoms with Crippen LogP contribution >= 0.6 is 24.8 Å². The maximum atomic E-state index is 13.1. The maximum absolute atomic E-state index is 13.1. The van der Waals surface area contributed by atoms with Crippen molar-refractivity contribution in [2.45, 2.75) is 58.2 Å². The molecule has 1 aromatic carbocycles. The molecule has 0 saturated carbocycles. The Hall–Kier alpha value is -2.39. The zero-order chi connectivity index (χ0) is 24.8. The molecule has 0 radical (unpaired) electrons. The zero-order valence-corrected chi connectivity index (χ0v) is 23.1. The average Bonchev–Trinajstić information content (AvgIpc) is 2.88. The van der Waals surface area contributed by atoms with Gasteiger partial charge in [0.25, 0.3) is 5.91 Å². The molecule has 2 atom stereocenters. The van der Waals surface area contributed by atoms with Crippen LogP contribution in [0.3, 0.4) is 0 Å². The van der Waals surface area contributed by atoms with Crippen LogP contribution in [0.1, 0.15) is 53.9 Å². The first-order valence-corrected chi connectivity index (χ1v) is 12.6. The lowest BCUT2D eigenvalue weighted by Gasteiger charge is -2.31. The molecule has 37 heavy (non-hydrogen) atoms. The second kappa shape index (κ2) is 14.5. The molecule has 1 fully saturated rings. The van der Waals surface area contributed by atoms with Gasteiger partial charge in [0.05, 0.1) is 24.5 Å². The second-order valence-corrected chi connectivity index (χ2v) is 9.50. The van der Waals surface area contributed by atoms with Gasteiger partial charge in [-0.3, -0.25) is 14.6 Å². The summed E-state index contributed by atoms with van der Waals surface area (Å²) >= 11 is 0. The van der Waals surface area contributed by atoms with Crippen molar-refractivity contribution in [3.8, 4) is 5.75 Å². The van der Waals surface area contributed by atoms with E-state index in [1.165, 1.54) is 11.1 Å². The number of carbonyl (C=O) groups is 2. The van der Waals surface area contributed by atoms with Crippen LogP contribution in [-0.2, 0) is 24.2 Å². The van der Waals surface area contributed by atoms with Crippen LogP contribution < -0.4 is 15.4 Å². The molecule has 8 nitrogen and oxygen atoms in total. The molecule has 0 aliphatic carbocycles. The van der Waals surface area contributed by atoms with E-state index in [0.29, 0.717) is 30.4 Å². The number of benzene rings is 1. The number of halogens is 2. The van der Waals surface area contributed by atoms with E-state index in [1.54, 1.807) is 19.2 Å². The minimum absolute atomic E-state index is 0. The molecular weight excluding hydrogens is 515 g/mol. The van der Waals surface area contributed by atoms with Gasteiger partial charge in [0.15, 0.2) is 0 Å². The third-order valence-electron chi connectivity index (χ3n) is 7.08. The Morgan fingerprint density at radius 1 is 1.22 bits per heavy atom. The van der Waals surface area contributed by atoms with Crippen molar-refractivity contribution in [3.05, 3.63) is 58.9 Å². The monoisotopic (exact) mass is 552 g/mol. The predicted octanol–water partition coefficient (Wildman–Crippen LogP) is 2.93. The van der Waals surface area contributed by atoms with Crippen LogP contribution in [0, 0.1) is 5.92 Å². The van der Waals surface area contributed by atoms with E-state index in [2.05, 4.69) is 27.8 Å². The Bertz CT molecular complexity index is 1050. The predicted molar refractivity (Wildman–Crippen MR) is 148 cm³/mol. The molecule has 1 saturated heterocycles. The van der Waals surface area contributed by atoms with Crippen molar-refractivity contribution in [3.63, 3.8) is 0 Å². The molecule has 10 heteroatoms. The van der Waals surface area contributed by atoms with Crippen molar-refractivity contribution in [1.82, 2.24) is 20.5 Å². The maximum Gasteiger partial charge on any atom is 0.255 e. The van der Waals surface area contributed by atoms with Gasteiger partial charge in [0.1, 0.15) is 5.75 Å². The van der Waals surface area contributed by atoms with Gasteiger partial charge in [0, 0.05) is 44.8 Å². The van der Waals surface area contributed by atoms with Gasteiger partial charge in [-0.2, -0.15) is 0 Å². The number of aliphatic hydroxyl groups excluding tert-OH is 1. The Kier molecular flexibility index (Phi) is 12.1. The van der Waals surface area contributed by atoms with E-state index in [9.17, 15) is 14.7 Å². The zero-order valence-electron chi connectivity index (χ0n) is 21.4. The van der Waals surface area contributed by atoms with Crippen LogP contribution in [-0.4, -0.2) is 65.2 Å². The summed E-state index contributed by atoms with van der Waals surface area (Å²) in [7, 11) is 0. The lowest BCUT2D eigenvalue weighted by Crippen LogP contribution is -2.49. The summed E-state index contributed by atoms with van der Waals surface area (Å²) in [5.41, 5.74) is 3.75. The van der Waals surface area contributed by atoms with Gasteiger partial charge in [-0.05, 0) is 55.7 Å². The smallest absolute Gasteiger partial charge is 0.255 e. The molecule has 1 aromatic heterocycles. The fourth-order valence-corrected chi connectivity index (χ4v) is 4.98. The Balaban J connectivity index is 0.00000241. The summed E-state index contributed by atoms with van der Waals surface area (Å²) in [6, 6.07) is 9.90. The summed E-state index contributed by atoms with van der Waals surface area (Å²) in [5, 5.41) is 17.0. The first-order valence-electron chi connectivity index (χ1n) is 12.6. The number of carbonyl (C=O) groups excluding carboxylic acids is 2.